The molecule has 4 aliphatic heterocycles. The standard InChI is InChI=1S/C13H13N3O3.C10H10ClNO3.C3H4BN2O2/c1-18-13(17)10-6-7-9(19-10)3-2-8(14)11(7)12-15-4-5-16-12;1-14-10(13)8-4-5-7(15-8)3-2-6(12)9(5)11;7-4-8-3-5-1-2-6-3/h2-5,10,12H,6,14H2,1H3;2-3,8H,4,12H2,1H3;1-3,7H. The van der Waals surface area contributed by atoms with Crippen LogP contribution in [-0.4, -0.2) is 82.3 Å². The number of ether oxygens (including phenoxy) is 4. The minimum absolute atomic E-state index is 0.338. The summed E-state index contributed by atoms with van der Waals surface area (Å²) in [5, 5.41) is 8.49. The quantitative estimate of drug-likeness (QED) is 0.256. The highest BCUT2D eigenvalue weighted by Crippen LogP contribution is 2.40. The molecule has 0 fully saturated rings. The van der Waals surface area contributed by atoms with Gasteiger partial charge in [0, 0.05) is 60.1 Å². The molecule has 2 atom stereocenters. The van der Waals surface area contributed by atoms with Crippen molar-refractivity contribution in [3.05, 3.63) is 46.0 Å². The Bertz CT molecular complexity index is 1430. The average Bonchev–Trinajstić information content (AvgIpc) is 3.82. The number of rotatable bonds is 5. The molecule has 1 radical (unpaired) electrons. The lowest BCUT2D eigenvalue weighted by Gasteiger charge is -2.12. The molecule has 0 aromatic heterocycles. The van der Waals surface area contributed by atoms with Crippen molar-refractivity contribution in [3.8, 4) is 11.5 Å². The molecule has 219 valence electrons. The van der Waals surface area contributed by atoms with Crippen molar-refractivity contribution >= 4 is 67.5 Å². The molecule has 0 aliphatic carbocycles. The van der Waals surface area contributed by atoms with Crippen LogP contribution in [0.15, 0.2) is 44.2 Å². The first kappa shape index (κ1) is 30.5. The highest BCUT2D eigenvalue weighted by molar-refractivity contribution is 6.34. The Labute approximate surface area is 246 Å². The largest absolute Gasteiger partial charge is 0.488 e. The third kappa shape index (κ3) is 6.87. The van der Waals surface area contributed by atoms with E-state index in [4.69, 9.17) is 42.3 Å². The Morgan fingerprint density at radius 3 is 1.90 bits per heavy atom. The molecule has 4 heterocycles. The van der Waals surface area contributed by atoms with Gasteiger partial charge in [0.05, 0.1) is 24.9 Å². The minimum atomic E-state index is -0.616. The second-order valence-electron chi connectivity index (χ2n) is 8.79. The molecule has 16 heteroatoms. The highest BCUT2D eigenvalue weighted by Gasteiger charge is 2.34. The van der Waals surface area contributed by atoms with Crippen molar-refractivity contribution in [2.24, 2.45) is 20.0 Å². The van der Waals surface area contributed by atoms with Crippen LogP contribution in [0.2, 0.25) is 5.02 Å². The molecular weight excluding hydrogens is 571 g/mol. The fraction of sp³-hybridized carbons (Fsp3) is 0.308. The van der Waals surface area contributed by atoms with E-state index in [-0.39, 0.29) is 12.1 Å². The molecule has 2 aromatic carbocycles. The number of carbonyl (C=O) groups is 2. The van der Waals surface area contributed by atoms with Crippen LogP contribution >= 0.6 is 11.6 Å². The molecule has 0 amide bonds. The van der Waals surface area contributed by atoms with Crippen LogP contribution in [0.4, 0.5) is 11.4 Å². The van der Waals surface area contributed by atoms with Gasteiger partial charge in [-0.25, -0.2) is 19.6 Å². The Kier molecular flexibility index (Phi) is 10.1. The number of anilines is 2. The first-order valence-electron chi connectivity index (χ1n) is 12.5. The van der Waals surface area contributed by atoms with Crippen LogP contribution in [-0.2, 0) is 36.6 Å². The van der Waals surface area contributed by atoms with Crippen molar-refractivity contribution in [2.75, 3.05) is 25.7 Å². The molecule has 0 spiro atoms. The number of esters is 2. The molecular formula is C26H27BClN6O8. The summed E-state index contributed by atoms with van der Waals surface area (Å²) < 4.78 is 24.7. The number of carbonyl (C=O) groups excluding carboxylic acids is 2. The van der Waals surface area contributed by atoms with E-state index in [0.717, 1.165) is 16.7 Å². The number of nitrogens with zero attached hydrogens (tertiary/aromatic N) is 4. The zero-order valence-electron chi connectivity index (χ0n) is 22.5. The lowest BCUT2D eigenvalue weighted by atomic mass is 9.99. The first-order valence-corrected chi connectivity index (χ1v) is 12.8. The van der Waals surface area contributed by atoms with E-state index in [0.29, 0.717) is 48.4 Å². The van der Waals surface area contributed by atoms with Gasteiger partial charge < -0.3 is 40.1 Å². The average molecular weight is 598 g/mol. The molecule has 14 nitrogen and oxygen atoms in total. The number of aliphatic imine (C=N–C) groups is 4. The minimum Gasteiger partial charge on any atom is -0.478 e. The summed E-state index contributed by atoms with van der Waals surface area (Å²) in [5.41, 5.74) is 15.2. The van der Waals surface area contributed by atoms with E-state index in [9.17, 15) is 9.59 Å². The fourth-order valence-electron chi connectivity index (χ4n) is 4.31. The molecule has 0 saturated heterocycles. The third-order valence-electron chi connectivity index (χ3n) is 6.28. The highest BCUT2D eigenvalue weighted by atomic mass is 35.5. The van der Waals surface area contributed by atoms with E-state index < -0.39 is 24.5 Å². The maximum atomic E-state index is 11.6. The maximum absolute atomic E-state index is 11.6. The summed E-state index contributed by atoms with van der Waals surface area (Å²) in [6, 6.07) is 6.87. The summed E-state index contributed by atoms with van der Waals surface area (Å²) in [4.78, 5) is 38.6. The third-order valence-corrected chi connectivity index (χ3v) is 6.73. The van der Waals surface area contributed by atoms with Gasteiger partial charge in [0.1, 0.15) is 11.5 Å². The molecule has 0 saturated carbocycles. The zero-order chi connectivity index (χ0) is 30.2. The van der Waals surface area contributed by atoms with E-state index in [1.807, 2.05) is 0 Å². The molecule has 2 aromatic rings. The summed E-state index contributed by atoms with van der Waals surface area (Å²) >= 11 is 5.99. The number of benzene rings is 2. The van der Waals surface area contributed by atoms with Crippen molar-refractivity contribution < 1.29 is 38.2 Å². The second-order valence-corrected chi connectivity index (χ2v) is 9.17. The monoisotopic (exact) mass is 597 g/mol. The van der Waals surface area contributed by atoms with Crippen LogP contribution in [0.5, 0.6) is 11.5 Å². The predicted octanol–water partition coefficient (Wildman–Crippen LogP) is 1.27. The van der Waals surface area contributed by atoms with E-state index in [1.165, 1.54) is 26.6 Å². The number of fused-ring (bicyclic) bond motifs is 2. The zero-order valence-corrected chi connectivity index (χ0v) is 23.3. The van der Waals surface area contributed by atoms with Gasteiger partial charge in [0.15, 0.2) is 18.4 Å². The number of hydrogen-bond donors (Lipinski definition) is 3. The Morgan fingerprint density at radius 2 is 1.36 bits per heavy atom. The maximum Gasteiger partial charge on any atom is 0.488 e. The summed E-state index contributed by atoms with van der Waals surface area (Å²) in [6.45, 7) is 0. The smallest absolute Gasteiger partial charge is 0.478 e. The van der Waals surface area contributed by atoms with Crippen molar-refractivity contribution in [2.45, 2.75) is 37.6 Å². The molecule has 6 rings (SSSR count). The molecule has 5 N–H and O–H groups in total. The van der Waals surface area contributed by atoms with Crippen molar-refractivity contribution in [1.82, 2.24) is 0 Å². The van der Waals surface area contributed by atoms with Crippen molar-refractivity contribution in [1.29, 1.82) is 0 Å². The Hall–Kier alpha value is -4.47. The molecule has 42 heavy (non-hydrogen) atoms. The fourth-order valence-corrected chi connectivity index (χ4v) is 4.55. The van der Waals surface area contributed by atoms with E-state index in [2.05, 4.69) is 29.4 Å². The van der Waals surface area contributed by atoms with E-state index in [1.54, 1.807) is 36.7 Å². The van der Waals surface area contributed by atoms with Gasteiger partial charge in [-0.15, -0.1) is 0 Å². The molecule has 2 unspecified atom stereocenters. The Morgan fingerprint density at radius 1 is 0.857 bits per heavy atom. The lowest BCUT2D eigenvalue weighted by molar-refractivity contribution is -0.148. The second kappa shape index (κ2) is 13.9. The molecule has 0 bridgehead atoms. The van der Waals surface area contributed by atoms with Crippen LogP contribution in [0.25, 0.3) is 0 Å². The summed E-state index contributed by atoms with van der Waals surface area (Å²) in [6.07, 6.45) is 5.01. The van der Waals surface area contributed by atoms with Gasteiger partial charge >= 0.3 is 19.6 Å². The van der Waals surface area contributed by atoms with Crippen molar-refractivity contribution in [3.63, 3.8) is 0 Å². The SMILES string of the molecule is COC(=O)C1Cc2c(ccc(N)c2C2N=CC=N2)O1.COC(=O)C1Cc2c(ccc(N)c2Cl)O1.O[B]OC1N=CC=N1. The van der Waals surface area contributed by atoms with Gasteiger partial charge in [0.25, 0.3) is 0 Å². The van der Waals surface area contributed by atoms with Gasteiger partial charge in [-0.3, -0.25) is 9.98 Å². The van der Waals surface area contributed by atoms with Crippen LogP contribution in [0.1, 0.15) is 22.9 Å². The van der Waals surface area contributed by atoms with E-state index >= 15 is 0 Å². The van der Waals surface area contributed by atoms with Crippen LogP contribution in [0.3, 0.4) is 0 Å². The van der Waals surface area contributed by atoms with Crippen LogP contribution in [0, 0.1) is 0 Å². The number of hydrogen-bond acceptors (Lipinski definition) is 14. The summed E-state index contributed by atoms with van der Waals surface area (Å²) in [5.74, 6) is 0.460. The normalized spacial score (nSPS) is 19.0. The van der Waals surface area contributed by atoms with Crippen LogP contribution < -0.4 is 20.9 Å². The number of halogens is 1. The van der Waals surface area contributed by atoms with Gasteiger partial charge in [-0.05, 0) is 24.3 Å². The topological polar surface area (TPSA) is 202 Å². The van der Waals surface area contributed by atoms with Gasteiger partial charge in [0.2, 0.25) is 6.35 Å². The lowest BCUT2D eigenvalue weighted by Crippen LogP contribution is -2.26. The number of nitrogen functional groups attached to an aromatic ring is 2. The number of nitrogens with two attached hydrogens (primary N) is 2. The molecule has 4 aliphatic rings. The number of methoxy groups -OCH3 is 2. The first-order chi connectivity index (χ1) is 20.3. The predicted molar refractivity (Wildman–Crippen MR) is 157 cm³/mol. The Balaban J connectivity index is 0.000000157. The van der Waals surface area contributed by atoms with Gasteiger partial charge in [-0.1, -0.05) is 11.6 Å². The summed E-state index contributed by atoms with van der Waals surface area (Å²) in [7, 11) is 3.24. The van der Waals surface area contributed by atoms with Gasteiger partial charge in [-0.2, -0.15) is 0 Å².